The smallest absolute Gasteiger partial charge is 0.0194 e. The molecule has 0 radical (unpaired) electrons. The van der Waals surface area contributed by atoms with E-state index in [1.165, 1.54) is 77.9 Å². The summed E-state index contributed by atoms with van der Waals surface area (Å²) in [4.78, 5) is 5.34. The van der Waals surface area contributed by atoms with E-state index in [1.54, 1.807) is 0 Å². The van der Waals surface area contributed by atoms with Gasteiger partial charge in [-0.3, -0.25) is 0 Å². The van der Waals surface area contributed by atoms with Gasteiger partial charge in [0.05, 0.1) is 0 Å². The van der Waals surface area contributed by atoms with E-state index in [9.17, 15) is 0 Å². The van der Waals surface area contributed by atoms with Crippen molar-refractivity contribution in [2.24, 2.45) is 5.92 Å². The number of nitrogens with zero attached hydrogens (tertiary/aromatic N) is 2. The third-order valence-corrected chi connectivity index (χ3v) is 4.87. The Morgan fingerprint density at radius 2 is 1.84 bits per heavy atom. The lowest BCUT2D eigenvalue weighted by Gasteiger charge is -2.34. The number of rotatable bonds is 5. The lowest BCUT2D eigenvalue weighted by Crippen LogP contribution is -2.42. The highest BCUT2D eigenvalue weighted by atomic mass is 15.2. The van der Waals surface area contributed by atoms with Crippen LogP contribution < -0.4 is 5.32 Å². The molecule has 3 nitrogen and oxygen atoms in total. The average molecular weight is 267 g/mol. The molecule has 2 heterocycles. The van der Waals surface area contributed by atoms with Crippen molar-refractivity contribution in [3.63, 3.8) is 0 Å². The first-order chi connectivity index (χ1) is 9.31. The molecule has 2 saturated heterocycles. The van der Waals surface area contributed by atoms with Crippen LogP contribution in [-0.4, -0.2) is 61.7 Å². The first-order valence-corrected chi connectivity index (χ1v) is 8.50. The molecular weight excluding hydrogens is 234 g/mol. The van der Waals surface area contributed by atoms with Gasteiger partial charge in [0.25, 0.3) is 0 Å². The van der Waals surface area contributed by atoms with E-state index in [1.807, 2.05) is 0 Å². The molecule has 0 aromatic heterocycles. The topological polar surface area (TPSA) is 18.5 Å². The van der Waals surface area contributed by atoms with Gasteiger partial charge in [0.15, 0.2) is 0 Å². The van der Waals surface area contributed by atoms with Crippen LogP contribution >= 0.6 is 0 Å². The van der Waals surface area contributed by atoms with Gasteiger partial charge < -0.3 is 15.1 Å². The lowest BCUT2D eigenvalue weighted by molar-refractivity contribution is 0.145. The molecule has 2 aliphatic rings. The third kappa shape index (κ3) is 5.05. The zero-order valence-corrected chi connectivity index (χ0v) is 13.0. The van der Waals surface area contributed by atoms with Gasteiger partial charge in [-0.25, -0.2) is 0 Å². The first kappa shape index (κ1) is 15.3. The lowest BCUT2D eigenvalue weighted by atomic mass is 9.96. The maximum atomic E-state index is 3.72. The molecule has 0 aromatic carbocycles. The Balaban J connectivity index is 1.74. The Morgan fingerprint density at radius 3 is 2.53 bits per heavy atom. The predicted octanol–water partition coefficient (Wildman–Crippen LogP) is 2.18. The van der Waals surface area contributed by atoms with Gasteiger partial charge in [-0.1, -0.05) is 20.3 Å². The molecule has 1 atom stereocenters. The van der Waals surface area contributed by atoms with Crippen molar-refractivity contribution < 1.29 is 0 Å². The molecule has 1 unspecified atom stereocenters. The van der Waals surface area contributed by atoms with Gasteiger partial charge in [-0.05, 0) is 64.3 Å². The van der Waals surface area contributed by atoms with E-state index in [2.05, 4.69) is 29.0 Å². The molecular formula is C16H33N3. The Kier molecular flexibility index (Phi) is 6.62. The highest BCUT2D eigenvalue weighted by Gasteiger charge is 2.23. The second kappa shape index (κ2) is 8.23. The van der Waals surface area contributed by atoms with Crippen molar-refractivity contribution in [1.82, 2.24) is 15.1 Å². The molecule has 0 saturated carbocycles. The quantitative estimate of drug-likeness (QED) is 0.824. The van der Waals surface area contributed by atoms with Gasteiger partial charge >= 0.3 is 0 Å². The second-order valence-electron chi connectivity index (χ2n) is 6.43. The molecule has 2 fully saturated rings. The molecule has 2 aliphatic heterocycles. The summed E-state index contributed by atoms with van der Waals surface area (Å²) in [5, 5.41) is 3.72. The summed E-state index contributed by atoms with van der Waals surface area (Å²) < 4.78 is 0. The minimum atomic E-state index is 0.739. The minimum absolute atomic E-state index is 0.739. The summed E-state index contributed by atoms with van der Waals surface area (Å²) >= 11 is 0. The van der Waals surface area contributed by atoms with Crippen molar-refractivity contribution >= 4 is 0 Å². The normalized spacial score (nSPS) is 28.4. The summed E-state index contributed by atoms with van der Waals surface area (Å²) in [7, 11) is 0. The van der Waals surface area contributed by atoms with E-state index in [-0.39, 0.29) is 0 Å². The highest BCUT2D eigenvalue weighted by molar-refractivity contribution is 4.80. The zero-order chi connectivity index (χ0) is 13.5. The van der Waals surface area contributed by atoms with Crippen LogP contribution in [0.5, 0.6) is 0 Å². The average Bonchev–Trinajstić information content (AvgIpc) is 2.65. The third-order valence-electron chi connectivity index (χ3n) is 4.87. The van der Waals surface area contributed by atoms with Gasteiger partial charge in [0.2, 0.25) is 0 Å². The molecule has 1 N–H and O–H groups in total. The molecule has 0 amide bonds. The fourth-order valence-electron chi connectivity index (χ4n) is 3.63. The van der Waals surface area contributed by atoms with Crippen LogP contribution in [0.2, 0.25) is 0 Å². The van der Waals surface area contributed by atoms with Crippen molar-refractivity contribution in [3.05, 3.63) is 0 Å². The number of hydrogen-bond acceptors (Lipinski definition) is 3. The van der Waals surface area contributed by atoms with Crippen LogP contribution in [0.1, 0.15) is 46.0 Å². The fourth-order valence-corrected chi connectivity index (χ4v) is 3.63. The van der Waals surface area contributed by atoms with Gasteiger partial charge in [-0.15, -0.1) is 0 Å². The molecule has 2 rings (SSSR count). The number of nitrogens with one attached hydrogen (secondary N) is 1. The van der Waals surface area contributed by atoms with Crippen molar-refractivity contribution in [2.45, 2.75) is 52.0 Å². The Labute approximate surface area is 119 Å². The molecule has 0 bridgehead atoms. The molecule has 0 spiro atoms. The van der Waals surface area contributed by atoms with E-state index < -0.39 is 0 Å². The number of piperidine rings is 1. The van der Waals surface area contributed by atoms with Gasteiger partial charge in [0.1, 0.15) is 0 Å². The molecule has 0 aromatic rings. The highest BCUT2D eigenvalue weighted by Crippen LogP contribution is 2.19. The van der Waals surface area contributed by atoms with Crippen LogP contribution in [0.4, 0.5) is 0 Å². The van der Waals surface area contributed by atoms with Gasteiger partial charge in [-0.2, -0.15) is 0 Å². The van der Waals surface area contributed by atoms with Crippen LogP contribution in [0.3, 0.4) is 0 Å². The monoisotopic (exact) mass is 267 g/mol. The van der Waals surface area contributed by atoms with Crippen LogP contribution in [0.15, 0.2) is 0 Å². The zero-order valence-electron chi connectivity index (χ0n) is 13.0. The van der Waals surface area contributed by atoms with Crippen molar-refractivity contribution in [3.8, 4) is 0 Å². The number of hydrogen-bond donors (Lipinski definition) is 1. The van der Waals surface area contributed by atoms with Crippen molar-refractivity contribution in [2.75, 3.05) is 45.8 Å². The fraction of sp³-hybridized carbons (Fsp3) is 1.00. The van der Waals surface area contributed by atoms with Crippen LogP contribution in [-0.2, 0) is 0 Å². The van der Waals surface area contributed by atoms with E-state index in [0.29, 0.717) is 0 Å². The minimum Gasteiger partial charge on any atom is -0.313 e. The summed E-state index contributed by atoms with van der Waals surface area (Å²) in [6, 6.07) is 0.739. The molecule has 19 heavy (non-hydrogen) atoms. The summed E-state index contributed by atoms with van der Waals surface area (Å²) in [5.74, 6) is 0.947. The molecule has 112 valence electrons. The van der Waals surface area contributed by atoms with Gasteiger partial charge in [0, 0.05) is 19.1 Å². The van der Waals surface area contributed by atoms with E-state index in [0.717, 1.165) is 12.0 Å². The summed E-state index contributed by atoms with van der Waals surface area (Å²) in [6.45, 7) is 13.6. The van der Waals surface area contributed by atoms with Crippen LogP contribution in [0.25, 0.3) is 0 Å². The maximum absolute atomic E-state index is 3.72. The Bertz CT molecular complexity index is 236. The summed E-state index contributed by atoms with van der Waals surface area (Å²) in [5.41, 5.74) is 0. The molecule has 3 heteroatoms. The first-order valence-electron chi connectivity index (χ1n) is 8.50. The standard InChI is InChI=1S/C16H33N3/c1-3-6-16-14-19(10-5-9-17-16)13-15-7-11-18(4-2)12-8-15/h15-17H,3-14H2,1-2H3. The molecule has 0 aliphatic carbocycles. The SMILES string of the molecule is CCCC1CN(CC2CCN(CC)CC2)CCCN1. The maximum Gasteiger partial charge on any atom is 0.0194 e. The largest absolute Gasteiger partial charge is 0.313 e. The number of likely N-dealkylation sites (tertiary alicyclic amines) is 1. The predicted molar refractivity (Wildman–Crippen MR) is 82.6 cm³/mol. The van der Waals surface area contributed by atoms with Crippen LogP contribution in [0, 0.1) is 5.92 Å². The summed E-state index contributed by atoms with van der Waals surface area (Å²) in [6.07, 6.45) is 6.80. The Hall–Kier alpha value is -0.120. The Morgan fingerprint density at radius 1 is 1.05 bits per heavy atom. The van der Waals surface area contributed by atoms with E-state index in [4.69, 9.17) is 0 Å². The second-order valence-corrected chi connectivity index (χ2v) is 6.43. The van der Waals surface area contributed by atoms with E-state index >= 15 is 0 Å². The van der Waals surface area contributed by atoms with Crippen molar-refractivity contribution in [1.29, 1.82) is 0 Å².